The second-order valence-electron chi connectivity index (χ2n) is 4.24. The summed E-state index contributed by atoms with van der Waals surface area (Å²) in [4.78, 5) is 0. The Balaban J connectivity index is 2.85. The van der Waals surface area contributed by atoms with Gasteiger partial charge < -0.3 is 10.4 Å². The van der Waals surface area contributed by atoms with Crippen molar-refractivity contribution in [2.75, 3.05) is 18.5 Å². The molecule has 0 saturated heterocycles. The molecule has 86 valence electrons. The summed E-state index contributed by atoms with van der Waals surface area (Å²) < 4.78 is 0. The van der Waals surface area contributed by atoms with E-state index in [9.17, 15) is 0 Å². The van der Waals surface area contributed by atoms with Crippen LogP contribution in [0.15, 0.2) is 18.2 Å². The largest absolute Gasteiger partial charge is 0.395 e. The van der Waals surface area contributed by atoms with Gasteiger partial charge >= 0.3 is 0 Å². The molecule has 2 N–H and O–H groups in total. The molecule has 0 aliphatic carbocycles. The van der Waals surface area contributed by atoms with Crippen LogP contribution < -0.4 is 5.32 Å². The first-order valence-corrected chi connectivity index (χ1v) is 5.55. The minimum absolute atomic E-state index is 0.0681. The summed E-state index contributed by atoms with van der Waals surface area (Å²) in [6.45, 7) is 4.85. The third-order valence-electron chi connectivity index (χ3n) is 2.28. The summed E-state index contributed by atoms with van der Waals surface area (Å²) in [5.41, 5.74) is 2.62. The maximum absolute atomic E-state index is 9.02. The van der Waals surface area contributed by atoms with Gasteiger partial charge in [0.1, 0.15) is 6.07 Å². The Morgan fingerprint density at radius 1 is 1.44 bits per heavy atom. The maximum Gasteiger partial charge on any atom is 0.101 e. The number of anilines is 1. The molecule has 0 radical (unpaired) electrons. The van der Waals surface area contributed by atoms with Gasteiger partial charge in [-0.2, -0.15) is 5.26 Å². The number of nitrogens with zero attached hydrogens (tertiary/aromatic N) is 1. The van der Waals surface area contributed by atoms with E-state index in [1.54, 1.807) is 0 Å². The maximum atomic E-state index is 9.02. The van der Waals surface area contributed by atoms with Crippen LogP contribution in [0.25, 0.3) is 0 Å². The van der Waals surface area contributed by atoms with Crippen molar-refractivity contribution in [2.45, 2.75) is 20.3 Å². The average molecular weight is 218 g/mol. The molecule has 0 spiro atoms. The predicted octanol–water partition coefficient (Wildman–Crippen LogP) is 2.16. The smallest absolute Gasteiger partial charge is 0.101 e. The molecular formula is C13H18N2O. The van der Waals surface area contributed by atoms with E-state index in [-0.39, 0.29) is 6.61 Å². The lowest BCUT2D eigenvalue weighted by Gasteiger charge is -2.10. The van der Waals surface area contributed by atoms with Gasteiger partial charge in [0.15, 0.2) is 0 Å². The van der Waals surface area contributed by atoms with Crippen LogP contribution in [-0.2, 0) is 6.42 Å². The Labute approximate surface area is 96.7 Å². The molecule has 0 atom stereocenters. The van der Waals surface area contributed by atoms with Gasteiger partial charge in [-0.25, -0.2) is 0 Å². The molecule has 16 heavy (non-hydrogen) atoms. The van der Waals surface area contributed by atoms with Gasteiger partial charge in [0.2, 0.25) is 0 Å². The van der Waals surface area contributed by atoms with E-state index in [4.69, 9.17) is 10.4 Å². The number of nitriles is 1. The summed E-state index contributed by atoms with van der Waals surface area (Å²) >= 11 is 0. The highest BCUT2D eigenvalue weighted by Gasteiger charge is 2.04. The topological polar surface area (TPSA) is 56.0 Å². The highest BCUT2D eigenvalue weighted by molar-refractivity contribution is 5.58. The van der Waals surface area contributed by atoms with Gasteiger partial charge in [0, 0.05) is 6.54 Å². The van der Waals surface area contributed by atoms with Crippen molar-refractivity contribution < 1.29 is 5.11 Å². The summed E-state index contributed by atoms with van der Waals surface area (Å²) in [7, 11) is 0. The van der Waals surface area contributed by atoms with E-state index in [0.29, 0.717) is 18.0 Å². The van der Waals surface area contributed by atoms with Gasteiger partial charge in [-0.15, -0.1) is 0 Å². The zero-order chi connectivity index (χ0) is 12.0. The molecule has 0 amide bonds. The number of aliphatic hydroxyl groups is 1. The molecule has 0 aromatic heterocycles. The number of benzene rings is 1. The molecule has 0 bridgehead atoms. The van der Waals surface area contributed by atoms with Gasteiger partial charge in [-0.3, -0.25) is 0 Å². The Morgan fingerprint density at radius 3 is 2.75 bits per heavy atom. The lowest BCUT2D eigenvalue weighted by Crippen LogP contribution is -2.07. The SMILES string of the molecule is CC(C)Cc1ccc(NCCO)c(C#N)c1. The predicted molar refractivity (Wildman–Crippen MR) is 65.3 cm³/mol. The summed E-state index contributed by atoms with van der Waals surface area (Å²) in [5, 5.41) is 20.8. The fraction of sp³-hybridized carbons (Fsp3) is 0.462. The van der Waals surface area contributed by atoms with Gasteiger partial charge in [-0.05, 0) is 30.0 Å². The number of hydrogen-bond acceptors (Lipinski definition) is 3. The summed E-state index contributed by atoms with van der Waals surface area (Å²) in [6.07, 6.45) is 0.981. The van der Waals surface area contributed by atoms with Crippen molar-refractivity contribution in [3.05, 3.63) is 29.3 Å². The summed E-state index contributed by atoms with van der Waals surface area (Å²) in [5.74, 6) is 0.586. The quantitative estimate of drug-likeness (QED) is 0.796. The first-order chi connectivity index (χ1) is 7.67. The Bertz CT molecular complexity index is 380. The Kier molecular flexibility index (Phi) is 4.81. The molecule has 0 heterocycles. The second-order valence-corrected chi connectivity index (χ2v) is 4.24. The first kappa shape index (κ1) is 12.5. The Morgan fingerprint density at radius 2 is 2.19 bits per heavy atom. The molecule has 0 aliphatic heterocycles. The van der Waals surface area contributed by atoms with Crippen molar-refractivity contribution >= 4 is 5.69 Å². The highest BCUT2D eigenvalue weighted by Crippen LogP contribution is 2.18. The molecule has 3 nitrogen and oxygen atoms in total. The lowest BCUT2D eigenvalue weighted by atomic mass is 10.0. The van der Waals surface area contributed by atoms with Gasteiger partial charge in [-0.1, -0.05) is 19.9 Å². The number of hydrogen-bond donors (Lipinski definition) is 2. The van der Waals surface area contributed by atoms with E-state index in [2.05, 4.69) is 25.2 Å². The van der Waals surface area contributed by atoms with Crippen molar-refractivity contribution in [3.8, 4) is 6.07 Å². The van der Waals surface area contributed by atoms with Crippen molar-refractivity contribution in [2.24, 2.45) is 5.92 Å². The second kappa shape index (κ2) is 6.14. The van der Waals surface area contributed by atoms with Crippen molar-refractivity contribution in [1.29, 1.82) is 5.26 Å². The molecular weight excluding hydrogens is 200 g/mol. The molecule has 1 rings (SSSR count). The fourth-order valence-electron chi connectivity index (χ4n) is 1.63. The number of nitrogens with one attached hydrogen (secondary N) is 1. The third-order valence-corrected chi connectivity index (χ3v) is 2.28. The minimum atomic E-state index is 0.0681. The monoisotopic (exact) mass is 218 g/mol. The van der Waals surface area contributed by atoms with Crippen LogP contribution in [0, 0.1) is 17.2 Å². The van der Waals surface area contributed by atoms with Crippen LogP contribution in [0.2, 0.25) is 0 Å². The van der Waals surface area contributed by atoms with Crippen molar-refractivity contribution in [1.82, 2.24) is 0 Å². The molecule has 1 aromatic carbocycles. The van der Waals surface area contributed by atoms with Gasteiger partial charge in [0.05, 0.1) is 17.9 Å². The Hall–Kier alpha value is -1.53. The number of aliphatic hydroxyl groups excluding tert-OH is 1. The van der Waals surface area contributed by atoms with Crippen LogP contribution in [0.5, 0.6) is 0 Å². The third kappa shape index (κ3) is 3.56. The number of rotatable bonds is 5. The average Bonchev–Trinajstić information content (AvgIpc) is 2.26. The zero-order valence-electron chi connectivity index (χ0n) is 9.83. The fourth-order valence-corrected chi connectivity index (χ4v) is 1.63. The summed E-state index contributed by atoms with van der Waals surface area (Å²) in [6, 6.07) is 8.03. The molecule has 0 unspecified atom stereocenters. The molecule has 0 saturated carbocycles. The first-order valence-electron chi connectivity index (χ1n) is 5.55. The van der Waals surface area contributed by atoms with Crippen LogP contribution in [0.4, 0.5) is 5.69 Å². The molecule has 0 aliphatic rings. The highest BCUT2D eigenvalue weighted by atomic mass is 16.3. The van der Waals surface area contributed by atoms with Crippen LogP contribution in [-0.4, -0.2) is 18.3 Å². The zero-order valence-corrected chi connectivity index (χ0v) is 9.83. The minimum Gasteiger partial charge on any atom is -0.395 e. The van der Waals surface area contributed by atoms with Crippen molar-refractivity contribution in [3.63, 3.8) is 0 Å². The van der Waals surface area contributed by atoms with E-state index in [1.165, 1.54) is 5.56 Å². The molecule has 3 heteroatoms. The normalized spacial score (nSPS) is 10.2. The van der Waals surface area contributed by atoms with Crippen LogP contribution in [0.1, 0.15) is 25.0 Å². The molecule has 0 fully saturated rings. The van der Waals surface area contributed by atoms with E-state index >= 15 is 0 Å². The lowest BCUT2D eigenvalue weighted by molar-refractivity contribution is 0.311. The van der Waals surface area contributed by atoms with Crippen LogP contribution >= 0.6 is 0 Å². The van der Waals surface area contributed by atoms with E-state index in [0.717, 1.165) is 12.1 Å². The van der Waals surface area contributed by atoms with E-state index < -0.39 is 0 Å². The van der Waals surface area contributed by atoms with Gasteiger partial charge in [0.25, 0.3) is 0 Å². The standard InChI is InChI=1S/C13H18N2O/c1-10(2)7-11-3-4-13(15-5-6-16)12(8-11)9-14/h3-4,8,10,15-16H,5-7H2,1-2H3. The molecule has 1 aromatic rings. The van der Waals surface area contributed by atoms with Crippen LogP contribution in [0.3, 0.4) is 0 Å². The van der Waals surface area contributed by atoms with E-state index in [1.807, 2.05) is 18.2 Å².